The number of hydrogen-bond acceptors (Lipinski definition) is 6. The summed E-state index contributed by atoms with van der Waals surface area (Å²) in [5, 5.41) is 8.71. The van der Waals surface area contributed by atoms with Crippen LogP contribution in [0.15, 0.2) is 30.5 Å². The molecular formula is C17H18N4O3. The topological polar surface area (TPSA) is 87.6 Å². The number of carbonyl (C=O) groups excluding carboxylic acids is 1. The number of carbonyl (C=O) groups is 1. The van der Waals surface area contributed by atoms with E-state index in [1.807, 2.05) is 18.2 Å². The number of fused-ring (bicyclic) bond motifs is 2. The summed E-state index contributed by atoms with van der Waals surface area (Å²) < 4.78 is 5.75. The predicted molar refractivity (Wildman–Crippen MR) is 84.7 cm³/mol. The molecule has 0 saturated heterocycles. The van der Waals surface area contributed by atoms with Crippen LogP contribution in [0.1, 0.15) is 39.9 Å². The molecule has 2 aliphatic heterocycles. The lowest BCUT2D eigenvalue weighted by atomic mass is 9.96. The Balaban J connectivity index is 1.58. The summed E-state index contributed by atoms with van der Waals surface area (Å²) in [7, 11) is 0. The van der Waals surface area contributed by atoms with Gasteiger partial charge in [-0.3, -0.25) is 19.9 Å². The van der Waals surface area contributed by atoms with Crippen LogP contribution in [-0.2, 0) is 13.0 Å². The first-order valence-electron chi connectivity index (χ1n) is 8.01. The first-order valence-corrected chi connectivity index (χ1v) is 8.01. The van der Waals surface area contributed by atoms with Crippen molar-refractivity contribution in [3.8, 4) is 5.75 Å². The van der Waals surface area contributed by atoms with Gasteiger partial charge in [-0.2, -0.15) is 0 Å². The summed E-state index contributed by atoms with van der Waals surface area (Å²) >= 11 is 0. The van der Waals surface area contributed by atoms with Gasteiger partial charge in [-0.25, -0.2) is 10.5 Å². The van der Waals surface area contributed by atoms with Gasteiger partial charge in [0, 0.05) is 37.5 Å². The van der Waals surface area contributed by atoms with Crippen LogP contribution in [0.2, 0.25) is 0 Å². The Morgan fingerprint density at radius 1 is 1.33 bits per heavy atom. The fourth-order valence-electron chi connectivity index (χ4n) is 3.44. The zero-order chi connectivity index (χ0) is 16.5. The van der Waals surface area contributed by atoms with E-state index < -0.39 is 5.91 Å². The zero-order valence-electron chi connectivity index (χ0n) is 13.1. The fourth-order valence-corrected chi connectivity index (χ4v) is 3.44. The first-order chi connectivity index (χ1) is 11.8. The van der Waals surface area contributed by atoms with Crippen molar-refractivity contribution in [2.24, 2.45) is 0 Å². The zero-order valence-corrected chi connectivity index (χ0v) is 13.1. The summed E-state index contributed by atoms with van der Waals surface area (Å²) in [5.74, 6) is 0.326. The van der Waals surface area contributed by atoms with Gasteiger partial charge in [0.25, 0.3) is 5.91 Å². The van der Waals surface area contributed by atoms with E-state index in [4.69, 9.17) is 9.94 Å². The lowest BCUT2D eigenvalue weighted by molar-refractivity contribution is 0.0699. The van der Waals surface area contributed by atoms with Gasteiger partial charge in [0.2, 0.25) is 0 Å². The van der Waals surface area contributed by atoms with Gasteiger partial charge in [-0.05, 0) is 6.07 Å². The molecule has 7 nitrogen and oxygen atoms in total. The number of ether oxygens (including phenoxy) is 1. The summed E-state index contributed by atoms with van der Waals surface area (Å²) in [4.78, 5) is 22.6. The van der Waals surface area contributed by atoms with E-state index in [0.29, 0.717) is 19.2 Å². The minimum absolute atomic E-state index is 0.140. The van der Waals surface area contributed by atoms with Crippen molar-refractivity contribution in [2.75, 3.05) is 13.2 Å². The third kappa shape index (κ3) is 2.61. The second-order valence-electron chi connectivity index (χ2n) is 6.00. The number of nitrogens with one attached hydrogen (secondary N) is 1. The standard InChI is InChI=1S/C17H18N4O3/c22-17(20-23)13-9-18-14-10-21(7-5-12(14)19-13)15-6-8-24-16-4-2-1-3-11(15)16/h1-4,9,15,23H,5-8,10H2,(H,20,22). The lowest BCUT2D eigenvalue weighted by Gasteiger charge is -2.37. The molecule has 1 amide bonds. The van der Waals surface area contributed by atoms with E-state index in [0.717, 1.165) is 36.5 Å². The molecule has 3 heterocycles. The molecule has 1 atom stereocenters. The minimum Gasteiger partial charge on any atom is -0.493 e. The van der Waals surface area contributed by atoms with Gasteiger partial charge in [0.1, 0.15) is 11.4 Å². The molecule has 2 aliphatic rings. The van der Waals surface area contributed by atoms with E-state index >= 15 is 0 Å². The van der Waals surface area contributed by atoms with Crippen molar-refractivity contribution >= 4 is 5.91 Å². The molecule has 0 bridgehead atoms. The molecule has 0 radical (unpaired) electrons. The highest BCUT2D eigenvalue weighted by atomic mass is 16.5. The number of para-hydroxylation sites is 1. The third-order valence-corrected chi connectivity index (χ3v) is 4.62. The van der Waals surface area contributed by atoms with Crippen molar-refractivity contribution in [1.82, 2.24) is 20.3 Å². The fraction of sp³-hybridized carbons (Fsp3) is 0.353. The Labute approximate surface area is 139 Å². The molecule has 0 fully saturated rings. The quantitative estimate of drug-likeness (QED) is 0.642. The minimum atomic E-state index is -0.633. The Morgan fingerprint density at radius 3 is 3.08 bits per heavy atom. The van der Waals surface area contributed by atoms with Crippen molar-refractivity contribution in [2.45, 2.75) is 25.4 Å². The molecule has 1 aromatic heterocycles. The molecule has 2 aromatic rings. The van der Waals surface area contributed by atoms with Crippen molar-refractivity contribution in [3.63, 3.8) is 0 Å². The molecule has 24 heavy (non-hydrogen) atoms. The first kappa shape index (κ1) is 15.0. The van der Waals surface area contributed by atoms with Gasteiger partial charge in [0.05, 0.1) is 24.2 Å². The molecular weight excluding hydrogens is 308 g/mol. The highest BCUT2D eigenvalue weighted by Crippen LogP contribution is 2.37. The van der Waals surface area contributed by atoms with Gasteiger partial charge >= 0.3 is 0 Å². The van der Waals surface area contributed by atoms with E-state index in [1.165, 1.54) is 11.8 Å². The molecule has 124 valence electrons. The number of hydrogen-bond donors (Lipinski definition) is 2. The number of rotatable bonds is 2. The predicted octanol–water partition coefficient (Wildman–Crippen LogP) is 1.48. The van der Waals surface area contributed by atoms with Crippen molar-refractivity contribution in [1.29, 1.82) is 0 Å². The van der Waals surface area contributed by atoms with E-state index in [1.54, 1.807) is 5.48 Å². The maximum atomic E-state index is 11.5. The Morgan fingerprint density at radius 2 is 2.21 bits per heavy atom. The van der Waals surface area contributed by atoms with E-state index in [-0.39, 0.29) is 5.69 Å². The van der Waals surface area contributed by atoms with Gasteiger partial charge in [-0.15, -0.1) is 0 Å². The number of nitrogens with zero attached hydrogens (tertiary/aromatic N) is 3. The molecule has 7 heteroatoms. The van der Waals surface area contributed by atoms with Crippen molar-refractivity contribution in [3.05, 3.63) is 53.1 Å². The van der Waals surface area contributed by atoms with Gasteiger partial charge < -0.3 is 4.74 Å². The van der Waals surface area contributed by atoms with Gasteiger partial charge in [-0.1, -0.05) is 18.2 Å². The summed E-state index contributed by atoms with van der Waals surface area (Å²) in [5.41, 5.74) is 4.67. The summed E-state index contributed by atoms with van der Waals surface area (Å²) in [6.45, 7) is 2.26. The largest absolute Gasteiger partial charge is 0.493 e. The molecule has 1 unspecified atom stereocenters. The summed E-state index contributed by atoms with van der Waals surface area (Å²) in [6, 6.07) is 8.48. The monoisotopic (exact) mass is 326 g/mol. The van der Waals surface area contributed by atoms with Crippen LogP contribution in [-0.4, -0.2) is 39.1 Å². The average molecular weight is 326 g/mol. The Kier molecular flexibility index (Phi) is 3.87. The normalized spacial score (nSPS) is 19.8. The SMILES string of the molecule is O=C(NO)c1cnc2c(n1)CCN(C1CCOc3ccccc31)C2. The maximum Gasteiger partial charge on any atom is 0.294 e. The second kappa shape index (κ2) is 6.18. The highest BCUT2D eigenvalue weighted by molar-refractivity contribution is 5.91. The van der Waals surface area contributed by atoms with Crippen LogP contribution in [0.4, 0.5) is 0 Å². The Bertz CT molecular complexity index is 780. The molecule has 2 N–H and O–H groups in total. The Hall–Kier alpha value is -2.51. The van der Waals surface area contributed by atoms with E-state index in [2.05, 4.69) is 20.9 Å². The smallest absolute Gasteiger partial charge is 0.294 e. The van der Waals surface area contributed by atoms with Gasteiger partial charge in [0.15, 0.2) is 0 Å². The third-order valence-electron chi connectivity index (χ3n) is 4.62. The van der Waals surface area contributed by atoms with Crippen LogP contribution < -0.4 is 10.2 Å². The highest BCUT2D eigenvalue weighted by Gasteiger charge is 2.30. The van der Waals surface area contributed by atoms with Crippen LogP contribution >= 0.6 is 0 Å². The summed E-state index contributed by atoms with van der Waals surface area (Å²) in [6.07, 6.45) is 3.09. The molecule has 4 rings (SSSR count). The number of hydroxylamine groups is 1. The van der Waals surface area contributed by atoms with Crippen LogP contribution in [0.5, 0.6) is 5.75 Å². The average Bonchev–Trinajstić information content (AvgIpc) is 2.66. The van der Waals surface area contributed by atoms with Crippen LogP contribution in [0.25, 0.3) is 0 Å². The molecule has 1 aromatic carbocycles. The number of amides is 1. The second-order valence-corrected chi connectivity index (χ2v) is 6.00. The van der Waals surface area contributed by atoms with Crippen LogP contribution in [0.3, 0.4) is 0 Å². The number of benzene rings is 1. The molecule has 0 spiro atoms. The van der Waals surface area contributed by atoms with Crippen molar-refractivity contribution < 1.29 is 14.7 Å². The maximum absolute atomic E-state index is 11.5. The lowest BCUT2D eigenvalue weighted by Crippen LogP contribution is -2.37. The molecule has 0 aliphatic carbocycles. The van der Waals surface area contributed by atoms with E-state index in [9.17, 15) is 4.79 Å². The van der Waals surface area contributed by atoms with Crippen LogP contribution in [0, 0.1) is 0 Å². The number of aromatic nitrogens is 2. The molecule has 0 saturated carbocycles.